The highest BCUT2D eigenvalue weighted by Gasteiger charge is 2.45. The van der Waals surface area contributed by atoms with Crippen molar-refractivity contribution in [2.24, 2.45) is 0 Å². The highest BCUT2D eigenvalue weighted by molar-refractivity contribution is 6.02. The predicted octanol–water partition coefficient (Wildman–Crippen LogP) is 0.286. The van der Waals surface area contributed by atoms with Gasteiger partial charge in [-0.15, -0.1) is 0 Å². The molecule has 2 heterocycles. The summed E-state index contributed by atoms with van der Waals surface area (Å²) in [6.07, 6.45) is -8.06. The summed E-state index contributed by atoms with van der Waals surface area (Å²) in [5.74, 6) is -0.118. The van der Waals surface area contributed by atoms with Crippen molar-refractivity contribution >= 4 is 5.78 Å². The molecule has 4 rings (SSSR count). The van der Waals surface area contributed by atoms with Crippen molar-refractivity contribution in [2.45, 2.75) is 43.2 Å². The second-order valence-corrected chi connectivity index (χ2v) is 7.61. The van der Waals surface area contributed by atoms with Gasteiger partial charge in [-0.3, -0.25) is 4.79 Å². The largest absolute Gasteiger partial charge is 0.507 e. The van der Waals surface area contributed by atoms with E-state index < -0.39 is 43.4 Å². The molecule has 0 saturated carbocycles. The van der Waals surface area contributed by atoms with Crippen LogP contribution in [0.2, 0.25) is 0 Å². The van der Waals surface area contributed by atoms with Gasteiger partial charge >= 0.3 is 0 Å². The quantitative estimate of drug-likeness (QED) is 0.431. The summed E-state index contributed by atoms with van der Waals surface area (Å²) in [7, 11) is 1.51. The highest BCUT2D eigenvalue weighted by atomic mass is 16.7. The number of carbonyl (C=O) groups excluding carboxylic acids is 1. The van der Waals surface area contributed by atoms with Crippen molar-refractivity contribution < 1.29 is 49.3 Å². The fourth-order valence-electron chi connectivity index (χ4n) is 3.89. The number of phenols is 1. The fraction of sp³-hybridized carbons (Fsp3) is 0.409. The number of ketones is 1. The van der Waals surface area contributed by atoms with E-state index in [0.29, 0.717) is 11.3 Å². The molecule has 0 amide bonds. The van der Waals surface area contributed by atoms with Crippen LogP contribution in [0.3, 0.4) is 0 Å². The third kappa shape index (κ3) is 3.98. The number of aromatic hydroxyl groups is 1. The summed E-state index contributed by atoms with van der Waals surface area (Å²) in [5.41, 5.74) is 0.658. The number of benzene rings is 2. The Morgan fingerprint density at radius 1 is 1.09 bits per heavy atom. The lowest BCUT2D eigenvalue weighted by Crippen LogP contribution is -2.60. The summed E-state index contributed by atoms with van der Waals surface area (Å²) in [6, 6.07) is 9.61. The first-order chi connectivity index (χ1) is 15.3. The summed E-state index contributed by atoms with van der Waals surface area (Å²) in [6.45, 7) is -0.613. The van der Waals surface area contributed by atoms with E-state index in [-0.39, 0.29) is 35.0 Å². The molecule has 2 aromatic carbocycles. The van der Waals surface area contributed by atoms with E-state index in [2.05, 4.69) is 0 Å². The third-order valence-corrected chi connectivity index (χ3v) is 5.56. The number of aliphatic hydroxyl groups excluding tert-OH is 4. The maximum Gasteiger partial charge on any atom is 0.229 e. The molecular formula is C22H24O10. The van der Waals surface area contributed by atoms with Crippen LogP contribution in [0.15, 0.2) is 36.4 Å². The molecule has 172 valence electrons. The number of para-hydroxylation sites is 1. The van der Waals surface area contributed by atoms with E-state index >= 15 is 0 Å². The Labute approximate surface area is 183 Å². The van der Waals surface area contributed by atoms with Crippen molar-refractivity contribution in [2.75, 3.05) is 13.7 Å². The first-order valence-electron chi connectivity index (χ1n) is 10.0. The van der Waals surface area contributed by atoms with E-state index in [1.54, 1.807) is 24.3 Å². The van der Waals surface area contributed by atoms with Crippen molar-refractivity contribution in [3.05, 3.63) is 47.5 Å². The Balaban J connectivity index is 1.61. The molecule has 6 atom stereocenters. The normalized spacial score (nSPS) is 29.7. The topological polar surface area (TPSA) is 155 Å². The van der Waals surface area contributed by atoms with E-state index in [0.717, 1.165) is 6.07 Å². The molecule has 2 aliphatic heterocycles. The standard InChI is InChI=1S/C22H24O10/c1-29-14-5-3-2-4-11(14)15-8-13(25)18-12(24)6-10(7-16(18)31-15)30-22-21(28)20(27)19(26)17(9-23)32-22/h2-7,15,17,19-24,26-28H,8-9H2,1H3/t15?,17-,19-,20+,21-,22-/m1/s1. The smallest absolute Gasteiger partial charge is 0.229 e. The number of phenolic OH excluding ortho intramolecular Hbond substituents is 1. The fourth-order valence-corrected chi connectivity index (χ4v) is 3.89. The van der Waals surface area contributed by atoms with Gasteiger partial charge in [-0.25, -0.2) is 0 Å². The molecule has 0 spiro atoms. The minimum Gasteiger partial charge on any atom is -0.507 e. The van der Waals surface area contributed by atoms with Gasteiger partial charge in [0, 0.05) is 17.7 Å². The minimum absolute atomic E-state index is 0.00250. The lowest BCUT2D eigenvalue weighted by molar-refractivity contribution is -0.277. The van der Waals surface area contributed by atoms with Crippen molar-refractivity contribution in [1.82, 2.24) is 0 Å². The molecule has 32 heavy (non-hydrogen) atoms. The number of ether oxygens (including phenoxy) is 4. The predicted molar refractivity (Wildman–Crippen MR) is 108 cm³/mol. The van der Waals surface area contributed by atoms with Crippen LogP contribution < -0.4 is 14.2 Å². The molecule has 1 saturated heterocycles. The number of Topliss-reactive ketones (excluding diaryl/α,β-unsaturated/α-hetero) is 1. The molecule has 1 unspecified atom stereocenters. The van der Waals surface area contributed by atoms with Crippen molar-refractivity contribution in [3.63, 3.8) is 0 Å². The van der Waals surface area contributed by atoms with Gasteiger partial charge in [0.1, 0.15) is 59.1 Å². The average molecular weight is 448 g/mol. The summed E-state index contributed by atoms with van der Waals surface area (Å²) in [4.78, 5) is 12.7. The van der Waals surface area contributed by atoms with E-state index in [1.807, 2.05) is 0 Å². The molecule has 5 N–H and O–H groups in total. The van der Waals surface area contributed by atoms with Crippen LogP contribution in [0.5, 0.6) is 23.0 Å². The van der Waals surface area contributed by atoms with Gasteiger partial charge in [0.15, 0.2) is 5.78 Å². The SMILES string of the molecule is COc1ccccc1C1CC(=O)c2c(O)cc(O[C@@H]3O[C@H](CO)[C@@H](O)[C@H](O)[C@H]3O)cc2O1. The number of rotatable bonds is 5. The highest BCUT2D eigenvalue weighted by Crippen LogP contribution is 2.43. The number of hydrogen-bond acceptors (Lipinski definition) is 10. The first kappa shape index (κ1) is 22.3. The van der Waals surface area contributed by atoms with Crippen molar-refractivity contribution in [1.29, 1.82) is 0 Å². The van der Waals surface area contributed by atoms with Gasteiger partial charge in [0.05, 0.1) is 20.1 Å². The van der Waals surface area contributed by atoms with Gasteiger partial charge in [0.25, 0.3) is 0 Å². The Hall–Kier alpha value is -2.89. The van der Waals surface area contributed by atoms with Crippen LogP contribution in [0.1, 0.15) is 28.4 Å². The lowest BCUT2D eigenvalue weighted by atomic mass is 9.95. The molecule has 10 nitrogen and oxygen atoms in total. The van der Waals surface area contributed by atoms with E-state index in [1.165, 1.54) is 13.2 Å². The third-order valence-electron chi connectivity index (χ3n) is 5.56. The number of methoxy groups -OCH3 is 1. The zero-order valence-electron chi connectivity index (χ0n) is 17.1. The molecule has 2 aliphatic rings. The molecule has 1 fully saturated rings. The molecule has 10 heteroatoms. The molecular weight excluding hydrogens is 424 g/mol. The van der Waals surface area contributed by atoms with Crippen LogP contribution in [-0.4, -0.2) is 75.7 Å². The van der Waals surface area contributed by atoms with Gasteiger partial charge in [-0.1, -0.05) is 18.2 Å². The van der Waals surface area contributed by atoms with Gasteiger partial charge in [-0.2, -0.15) is 0 Å². The number of hydrogen-bond donors (Lipinski definition) is 5. The maximum atomic E-state index is 12.7. The Kier molecular flexibility index (Phi) is 6.22. The van der Waals surface area contributed by atoms with Gasteiger partial charge in [-0.05, 0) is 6.07 Å². The second kappa shape index (κ2) is 8.93. The lowest BCUT2D eigenvalue weighted by Gasteiger charge is -2.39. The number of aliphatic hydroxyl groups is 4. The maximum absolute atomic E-state index is 12.7. The van der Waals surface area contributed by atoms with Crippen LogP contribution in [0, 0.1) is 0 Å². The number of carbonyl (C=O) groups is 1. The minimum atomic E-state index is -1.63. The monoisotopic (exact) mass is 448 g/mol. The summed E-state index contributed by atoms with van der Waals surface area (Å²) < 4.78 is 22.2. The van der Waals surface area contributed by atoms with Crippen LogP contribution in [0.25, 0.3) is 0 Å². The molecule has 0 bridgehead atoms. The van der Waals surface area contributed by atoms with E-state index in [4.69, 9.17) is 18.9 Å². The van der Waals surface area contributed by atoms with Crippen LogP contribution in [0.4, 0.5) is 0 Å². The Morgan fingerprint density at radius 2 is 1.84 bits per heavy atom. The number of fused-ring (bicyclic) bond motifs is 1. The first-order valence-corrected chi connectivity index (χ1v) is 10.0. The molecule has 2 aromatic rings. The van der Waals surface area contributed by atoms with Crippen LogP contribution >= 0.6 is 0 Å². The Morgan fingerprint density at radius 3 is 2.56 bits per heavy atom. The second-order valence-electron chi connectivity index (χ2n) is 7.61. The average Bonchev–Trinajstić information content (AvgIpc) is 2.78. The summed E-state index contributed by atoms with van der Waals surface area (Å²) >= 11 is 0. The zero-order valence-corrected chi connectivity index (χ0v) is 17.1. The van der Waals surface area contributed by atoms with Gasteiger partial charge < -0.3 is 44.5 Å². The zero-order chi connectivity index (χ0) is 23.0. The van der Waals surface area contributed by atoms with E-state index in [9.17, 15) is 30.3 Å². The molecule has 0 radical (unpaired) electrons. The Bertz CT molecular complexity index is 991. The summed E-state index contributed by atoms with van der Waals surface area (Å²) in [5, 5.41) is 49.7. The molecule has 0 aliphatic carbocycles. The van der Waals surface area contributed by atoms with Crippen molar-refractivity contribution in [3.8, 4) is 23.0 Å². The van der Waals surface area contributed by atoms with Gasteiger partial charge in [0.2, 0.25) is 6.29 Å². The van der Waals surface area contributed by atoms with Crippen LogP contribution in [-0.2, 0) is 4.74 Å². The molecule has 0 aromatic heterocycles.